The fourth-order valence-electron chi connectivity index (χ4n) is 3.54. The highest BCUT2D eigenvalue weighted by molar-refractivity contribution is 5.95. The highest BCUT2D eigenvalue weighted by atomic mass is 16.2. The number of benzene rings is 1. The van der Waals surface area contributed by atoms with Crippen LogP contribution in [0.2, 0.25) is 0 Å². The molecule has 3 aromatic rings. The first-order valence-electron chi connectivity index (χ1n) is 9.33. The third-order valence-corrected chi connectivity index (χ3v) is 4.94. The monoisotopic (exact) mass is 345 g/mol. The minimum atomic E-state index is 0.0983. The van der Waals surface area contributed by atoms with E-state index in [9.17, 15) is 4.79 Å². The molecule has 4 rings (SSSR count). The molecule has 4 nitrogen and oxygen atoms in total. The van der Waals surface area contributed by atoms with Crippen molar-refractivity contribution in [2.45, 2.75) is 25.7 Å². The second-order valence-corrected chi connectivity index (χ2v) is 6.73. The summed E-state index contributed by atoms with van der Waals surface area (Å²) in [6.45, 7) is 1.73. The molecular formula is C22H23N3O. The van der Waals surface area contributed by atoms with Crippen molar-refractivity contribution in [3.05, 3.63) is 66.4 Å². The van der Waals surface area contributed by atoms with Crippen LogP contribution in [0.4, 0.5) is 0 Å². The Hall–Kier alpha value is -2.88. The van der Waals surface area contributed by atoms with Crippen LogP contribution < -0.4 is 0 Å². The van der Waals surface area contributed by atoms with Crippen LogP contribution in [-0.2, 0) is 4.79 Å². The smallest absolute Gasteiger partial charge is 0.246 e. The number of hydrogen-bond donors (Lipinski definition) is 0. The van der Waals surface area contributed by atoms with E-state index < -0.39 is 0 Å². The van der Waals surface area contributed by atoms with Crippen LogP contribution >= 0.6 is 0 Å². The number of hydrogen-bond acceptors (Lipinski definition) is 2. The molecule has 0 unspecified atom stereocenters. The molecule has 1 fully saturated rings. The van der Waals surface area contributed by atoms with E-state index in [4.69, 9.17) is 5.10 Å². The van der Waals surface area contributed by atoms with E-state index in [1.165, 1.54) is 12.8 Å². The number of carbonyl (C=O) groups is 1. The third-order valence-electron chi connectivity index (χ3n) is 4.94. The van der Waals surface area contributed by atoms with Crippen molar-refractivity contribution in [2.75, 3.05) is 13.1 Å². The maximum atomic E-state index is 12.6. The highest BCUT2D eigenvalue weighted by Crippen LogP contribution is 2.27. The number of aromatic nitrogens is 2. The van der Waals surface area contributed by atoms with Gasteiger partial charge in [-0.2, -0.15) is 5.10 Å². The van der Waals surface area contributed by atoms with Gasteiger partial charge in [0.05, 0.1) is 5.52 Å². The van der Waals surface area contributed by atoms with E-state index in [-0.39, 0.29) is 5.91 Å². The Morgan fingerprint density at radius 1 is 0.923 bits per heavy atom. The van der Waals surface area contributed by atoms with Gasteiger partial charge in [-0.15, -0.1) is 0 Å². The van der Waals surface area contributed by atoms with Gasteiger partial charge in [0.15, 0.2) is 0 Å². The second-order valence-electron chi connectivity index (χ2n) is 6.73. The first-order valence-corrected chi connectivity index (χ1v) is 9.33. The van der Waals surface area contributed by atoms with E-state index in [0.717, 1.165) is 48.3 Å². The topological polar surface area (TPSA) is 37.6 Å². The van der Waals surface area contributed by atoms with E-state index >= 15 is 0 Å². The predicted molar refractivity (Wildman–Crippen MR) is 105 cm³/mol. The summed E-state index contributed by atoms with van der Waals surface area (Å²) in [4.78, 5) is 14.6. The summed E-state index contributed by atoms with van der Waals surface area (Å²) in [6.07, 6.45) is 10.2. The fraction of sp³-hybridized carbons (Fsp3) is 0.273. The van der Waals surface area contributed by atoms with Gasteiger partial charge in [0, 0.05) is 36.5 Å². The Kier molecular flexibility index (Phi) is 4.82. The normalized spacial score (nSPS) is 15.5. The van der Waals surface area contributed by atoms with Crippen LogP contribution in [-0.4, -0.2) is 33.5 Å². The van der Waals surface area contributed by atoms with Crippen molar-refractivity contribution >= 4 is 17.5 Å². The molecule has 0 saturated carbocycles. The van der Waals surface area contributed by atoms with Crippen molar-refractivity contribution in [3.8, 4) is 11.3 Å². The molecule has 0 N–H and O–H groups in total. The fourth-order valence-corrected chi connectivity index (χ4v) is 3.54. The molecule has 26 heavy (non-hydrogen) atoms. The number of likely N-dealkylation sites (tertiary alicyclic amines) is 1. The van der Waals surface area contributed by atoms with Crippen molar-refractivity contribution in [1.29, 1.82) is 0 Å². The van der Waals surface area contributed by atoms with Gasteiger partial charge >= 0.3 is 0 Å². The predicted octanol–water partition coefficient (Wildman–Crippen LogP) is 4.42. The second kappa shape index (κ2) is 7.56. The maximum absolute atomic E-state index is 12.6. The van der Waals surface area contributed by atoms with Gasteiger partial charge in [-0.1, -0.05) is 49.2 Å². The Balaban J connectivity index is 1.69. The van der Waals surface area contributed by atoms with Crippen molar-refractivity contribution in [1.82, 2.24) is 14.5 Å². The molecule has 0 atom stereocenters. The van der Waals surface area contributed by atoms with Crippen molar-refractivity contribution < 1.29 is 4.79 Å². The molecule has 4 heteroatoms. The van der Waals surface area contributed by atoms with Gasteiger partial charge < -0.3 is 4.90 Å². The average molecular weight is 345 g/mol. The van der Waals surface area contributed by atoms with Gasteiger partial charge in [-0.25, -0.2) is 4.52 Å². The summed E-state index contributed by atoms with van der Waals surface area (Å²) >= 11 is 0. The lowest BCUT2D eigenvalue weighted by Gasteiger charge is -2.17. The number of nitrogens with zero attached hydrogens (tertiary/aromatic N) is 3. The van der Waals surface area contributed by atoms with Crippen LogP contribution in [0.3, 0.4) is 0 Å². The third kappa shape index (κ3) is 3.40. The maximum Gasteiger partial charge on any atom is 0.246 e. The van der Waals surface area contributed by atoms with E-state index in [1.54, 1.807) is 6.08 Å². The lowest BCUT2D eigenvalue weighted by atomic mass is 10.1. The van der Waals surface area contributed by atoms with Gasteiger partial charge in [0.2, 0.25) is 5.91 Å². The molecule has 0 aliphatic carbocycles. The van der Waals surface area contributed by atoms with Gasteiger partial charge in [0.25, 0.3) is 0 Å². The standard InChI is InChI=1S/C22H23N3O/c26-21(24-15-7-1-2-8-16-24)14-13-19-20-12-6-9-17-25(20)23-22(19)18-10-4-3-5-11-18/h3-6,9-14,17H,1-2,7-8,15-16H2. The van der Waals surface area contributed by atoms with Gasteiger partial charge in [0.1, 0.15) is 5.69 Å². The number of amides is 1. The molecule has 1 saturated heterocycles. The van der Waals surface area contributed by atoms with Crippen molar-refractivity contribution in [2.24, 2.45) is 0 Å². The van der Waals surface area contributed by atoms with Crippen molar-refractivity contribution in [3.63, 3.8) is 0 Å². The molecule has 0 radical (unpaired) electrons. The van der Waals surface area contributed by atoms with E-state index in [2.05, 4.69) is 12.1 Å². The summed E-state index contributed by atoms with van der Waals surface area (Å²) in [5.41, 5.74) is 3.95. The zero-order valence-corrected chi connectivity index (χ0v) is 14.8. The van der Waals surface area contributed by atoms with Gasteiger partial charge in [-0.3, -0.25) is 4.79 Å². The summed E-state index contributed by atoms with van der Waals surface area (Å²) in [5, 5.41) is 4.73. The quantitative estimate of drug-likeness (QED) is 0.659. The number of fused-ring (bicyclic) bond motifs is 1. The molecule has 132 valence electrons. The number of pyridine rings is 1. The number of carbonyl (C=O) groups excluding carboxylic acids is 1. The summed E-state index contributed by atoms with van der Waals surface area (Å²) in [7, 11) is 0. The summed E-state index contributed by atoms with van der Waals surface area (Å²) in [5.74, 6) is 0.0983. The Labute approximate surface area is 153 Å². The van der Waals surface area contributed by atoms with Crippen LogP contribution in [0.5, 0.6) is 0 Å². The van der Waals surface area contributed by atoms with E-state index in [1.807, 2.05) is 58.1 Å². The summed E-state index contributed by atoms with van der Waals surface area (Å²) in [6, 6.07) is 16.1. The average Bonchev–Trinajstić information content (AvgIpc) is 2.85. The zero-order valence-electron chi connectivity index (χ0n) is 14.8. The molecule has 0 bridgehead atoms. The molecule has 1 amide bonds. The first-order chi connectivity index (χ1) is 12.8. The van der Waals surface area contributed by atoms with E-state index in [0.29, 0.717) is 0 Å². The largest absolute Gasteiger partial charge is 0.339 e. The minimum absolute atomic E-state index is 0.0983. The highest BCUT2D eigenvalue weighted by Gasteiger charge is 2.15. The zero-order chi connectivity index (χ0) is 17.8. The van der Waals surface area contributed by atoms with Gasteiger partial charge in [-0.05, 0) is 31.1 Å². The van der Waals surface area contributed by atoms with Crippen LogP contribution in [0, 0.1) is 0 Å². The lowest BCUT2D eigenvalue weighted by Crippen LogP contribution is -2.30. The molecule has 1 aliphatic heterocycles. The molecule has 0 spiro atoms. The Morgan fingerprint density at radius 2 is 1.65 bits per heavy atom. The SMILES string of the molecule is O=C(C=Cc1c(-c2ccccc2)nn2ccccc12)N1CCCCCC1. The van der Waals surface area contributed by atoms with Crippen LogP contribution in [0.15, 0.2) is 60.8 Å². The lowest BCUT2D eigenvalue weighted by molar-refractivity contribution is -0.125. The first kappa shape index (κ1) is 16.6. The summed E-state index contributed by atoms with van der Waals surface area (Å²) < 4.78 is 1.87. The number of rotatable bonds is 3. The molecular weight excluding hydrogens is 322 g/mol. The van der Waals surface area contributed by atoms with Crippen LogP contribution in [0.1, 0.15) is 31.2 Å². The Bertz CT molecular complexity index is 919. The molecule has 2 aromatic heterocycles. The molecule has 3 heterocycles. The molecule has 1 aromatic carbocycles. The van der Waals surface area contributed by atoms with Crippen LogP contribution in [0.25, 0.3) is 22.9 Å². The molecule has 1 aliphatic rings. The Morgan fingerprint density at radius 3 is 2.42 bits per heavy atom. The minimum Gasteiger partial charge on any atom is -0.339 e.